The zero-order chi connectivity index (χ0) is 17.9. The molecule has 0 aromatic heterocycles. The highest BCUT2D eigenvalue weighted by Crippen LogP contribution is 2.28. The number of ketones is 2. The molecule has 1 aliphatic rings. The van der Waals surface area contributed by atoms with Crippen molar-refractivity contribution in [3.05, 3.63) is 35.4 Å². The molecular formula is C23H35O2. The number of rotatable bonds is 5. The highest BCUT2D eigenvalue weighted by atomic mass is 16.1. The van der Waals surface area contributed by atoms with Crippen molar-refractivity contribution in [2.45, 2.75) is 73.1 Å². The van der Waals surface area contributed by atoms with E-state index < -0.39 is 0 Å². The fourth-order valence-electron chi connectivity index (χ4n) is 2.95. The van der Waals surface area contributed by atoms with E-state index >= 15 is 0 Å². The number of benzene rings is 1. The molecule has 0 heterocycles. The number of carbonyl (C=O) groups excluding carboxylic acids is 2. The van der Waals surface area contributed by atoms with E-state index in [1.54, 1.807) is 6.92 Å². The summed E-state index contributed by atoms with van der Waals surface area (Å²) in [7, 11) is 0. The fourth-order valence-corrected chi connectivity index (χ4v) is 2.95. The Kier molecular flexibility index (Phi) is 11.5. The zero-order valence-electron chi connectivity index (χ0n) is 16.3. The van der Waals surface area contributed by atoms with Crippen LogP contribution in [-0.4, -0.2) is 11.6 Å². The van der Waals surface area contributed by atoms with E-state index in [-0.39, 0.29) is 14.6 Å². The smallest absolute Gasteiger partial charge is 0.205 e. The number of hydrogen-bond acceptors (Lipinski definition) is 2. The van der Waals surface area contributed by atoms with Gasteiger partial charge in [-0.1, -0.05) is 57.0 Å². The largest absolute Gasteiger partial charge is 0.300 e. The summed E-state index contributed by atoms with van der Waals surface area (Å²) < 4.78 is 0. The normalized spacial score (nSPS) is 18.8. The van der Waals surface area contributed by atoms with Crippen LogP contribution in [0.2, 0.25) is 0 Å². The van der Waals surface area contributed by atoms with Gasteiger partial charge in [0.25, 0.3) is 0 Å². The van der Waals surface area contributed by atoms with Crippen LogP contribution in [0.15, 0.2) is 24.3 Å². The molecule has 1 aromatic carbocycles. The molecule has 0 N–H and O–H groups in total. The van der Waals surface area contributed by atoms with Gasteiger partial charge >= 0.3 is 0 Å². The first-order chi connectivity index (χ1) is 11.4. The van der Waals surface area contributed by atoms with Gasteiger partial charge in [0, 0.05) is 13.8 Å². The van der Waals surface area contributed by atoms with Crippen LogP contribution >= 0.6 is 0 Å². The third kappa shape index (κ3) is 9.87. The van der Waals surface area contributed by atoms with Crippen LogP contribution in [0.4, 0.5) is 0 Å². The average molecular weight is 344 g/mol. The minimum atomic E-state index is -0.0999. The van der Waals surface area contributed by atoms with E-state index in [9.17, 15) is 9.59 Å². The third-order valence-electron chi connectivity index (χ3n) is 4.74. The standard InChI is InChI=1S/C13H14O.C9H16O.CH4.H/c1-3-13(14)6-4-5-12-9-7-11(2)8-10-12;1-7-3-5-9(6-4-7)8(2)10;;/h1,7-10H,4-6H2,2H3;7,9H,3-6H2,1-2H3;1H4;. The second-order valence-corrected chi connectivity index (χ2v) is 6.97. The first-order valence-electron chi connectivity index (χ1n) is 8.97. The van der Waals surface area contributed by atoms with E-state index in [1.807, 2.05) is 0 Å². The number of carbonyl (C=O) groups is 2. The molecular weight excluding hydrogens is 308 g/mol. The Morgan fingerprint density at radius 3 is 2.20 bits per heavy atom. The van der Waals surface area contributed by atoms with Crippen molar-refractivity contribution >= 4 is 11.6 Å². The molecule has 0 saturated heterocycles. The van der Waals surface area contributed by atoms with E-state index in [1.165, 1.54) is 24.0 Å². The third-order valence-corrected chi connectivity index (χ3v) is 4.74. The molecule has 0 spiro atoms. The molecule has 1 fully saturated rings. The Hall–Kier alpha value is -1.88. The molecule has 0 amide bonds. The van der Waals surface area contributed by atoms with Crippen LogP contribution in [0.3, 0.4) is 0 Å². The maximum Gasteiger partial charge on any atom is 0.205 e. The van der Waals surface area contributed by atoms with Gasteiger partial charge in [-0.2, -0.15) is 0 Å². The highest BCUT2D eigenvalue weighted by Gasteiger charge is 2.20. The predicted molar refractivity (Wildman–Crippen MR) is 108 cm³/mol. The van der Waals surface area contributed by atoms with Crippen molar-refractivity contribution in [3.63, 3.8) is 0 Å². The molecule has 0 atom stereocenters. The molecule has 2 nitrogen and oxygen atoms in total. The number of hydrogen-bond donors (Lipinski definition) is 0. The van der Waals surface area contributed by atoms with Crippen molar-refractivity contribution in [2.75, 3.05) is 0 Å². The van der Waals surface area contributed by atoms with Gasteiger partial charge in [-0.25, -0.2) is 0 Å². The number of Topliss-reactive ketones (excluding diaryl/α,β-unsaturated/α-hetero) is 2. The number of terminal acetylenes is 1. The number of aryl methyl sites for hydroxylation is 2. The summed E-state index contributed by atoms with van der Waals surface area (Å²) in [6.07, 6.45) is 12.0. The minimum absolute atomic E-state index is 0. The van der Waals surface area contributed by atoms with Gasteiger partial charge in [0.2, 0.25) is 5.78 Å². The zero-order valence-corrected chi connectivity index (χ0v) is 15.3. The molecule has 25 heavy (non-hydrogen) atoms. The molecule has 1 radical (unpaired) electrons. The molecule has 0 bridgehead atoms. The van der Waals surface area contributed by atoms with Crippen molar-refractivity contribution in [1.82, 2.24) is 0 Å². The van der Waals surface area contributed by atoms with Crippen LogP contribution < -0.4 is 0 Å². The monoisotopic (exact) mass is 343 g/mol. The molecule has 2 heteroatoms. The lowest BCUT2D eigenvalue weighted by Crippen LogP contribution is -2.18. The Bertz CT molecular complexity index is 561. The van der Waals surface area contributed by atoms with E-state index in [0.717, 1.165) is 31.6 Å². The lowest BCUT2D eigenvalue weighted by molar-refractivity contribution is -0.121. The van der Waals surface area contributed by atoms with Crippen molar-refractivity contribution in [1.29, 1.82) is 0 Å². The summed E-state index contributed by atoms with van der Waals surface area (Å²) in [6, 6.07) is 8.35. The second kappa shape index (κ2) is 12.5. The van der Waals surface area contributed by atoms with Crippen LogP contribution in [-0.2, 0) is 16.0 Å². The van der Waals surface area contributed by atoms with Crippen LogP contribution in [0, 0.1) is 31.1 Å². The van der Waals surface area contributed by atoms with Crippen LogP contribution in [0.1, 0.15) is 72.4 Å². The molecule has 0 unspecified atom stereocenters. The summed E-state index contributed by atoms with van der Waals surface area (Å²) in [5, 5.41) is 0. The SMILES string of the molecule is C.C#CC(=O)CCCc1ccc(C)cc1.CC(=O)C1CCC(C)CC1.[H]. The van der Waals surface area contributed by atoms with Gasteiger partial charge < -0.3 is 0 Å². The first-order valence-corrected chi connectivity index (χ1v) is 8.97. The van der Waals surface area contributed by atoms with Crippen LogP contribution in [0.5, 0.6) is 0 Å². The topological polar surface area (TPSA) is 34.1 Å². The van der Waals surface area contributed by atoms with Gasteiger partial charge in [0.15, 0.2) is 0 Å². The Morgan fingerprint density at radius 1 is 1.16 bits per heavy atom. The van der Waals surface area contributed by atoms with Gasteiger partial charge in [0.1, 0.15) is 5.78 Å². The summed E-state index contributed by atoms with van der Waals surface area (Å²) in [6.45, 7) is 6.06. The van der Waals surface area contributed by atoms with Gasteiger partial charge in [-0.15, -0.1) is 6.42 Å². The molecule has 2 rings (SSSR count). The van der Waals surface area contributed by atoms with Crippen molar-refractivity contribution in [2.24, 2.45) is 11.8 Å². The summed E-state index contributed by atoms with van der Waals surface area (Å²) in [4.78, 5) is 21.7. The lowest BCUT2D eigenvalue weighted by atomic mass is 9.81. The average Bonchev–Trinajstić information content (AvgIpc) is 2.57. The predicted octanol–water partition coefficient (Wildman–Crippen LogP) is 5.67. The van der Waals surface area contributed by atoms with E-state index in [4.69, 9.17) is 6.42 Å². The maximum atomic E-state index is 10.9. The Morgan fingerprint density at radius 2 is 1.72 bits per heavy atom. The second-order valence-electron chi connectivity index (χ2n) is 6.97. The van der Waals surface area contributed by atoms with Gasteiger partial charge in [0.05, 0.1) is 0 Å². The summed E-state index contributed by atoms with van der Waals surface area (Å²) >= 11 is 0. The fraction of sp³-hybridized carbons (Fsp3) is 0.565. The van der Waals surface area contributed by atoms with Crippen LogP contribution in [0.25, 0.3) is 0 Å². The molecule has 0 aliphatic heterocycles. The maximum absolute atomic E-state index is 10.9. The van der Waals surface area contributed by atoms with Gasteiger partial charge in [-0.3, -0.25) is 9.59 Å². The Labute approximate surface area is 155 Å². The van der Waals surface area contributed by atoms with Crippen molar-refractivity contribution < 1.29 is 11.0 Å². The Balaban J connectivity index is 0. The van der Waals surface area contributed by atoms with E-state index in [2.05, 4.69) is 44.0 Å². The summed E-state index contributed by atoms with van der Waals surface area (Å²) in [5.74, 6) is 3.67. The molecule has 1 aliphatic carbocycles. The lowest BCUT2D eigenvalue weighted by Gasteiger charge is -2.23. The van der Waals surface area contributed by atoms with Gasteiger partial charge in [-0.05, 0) is 56.9 Å². The molecule has 139 valence electrons. The highest BCUT2D eigenvalue weighted by molar-refractivity contribution is 5.94. The summed E-state index contributed by atoms with van der Waals surface area (Å²) in [5.41, 5.74) is 2.52. The quantitative estimate of drug-likeness (QED) is 0.510. The first kappa shape index (κ1) is 23.1. The molecule has 1 aromatic rings. The van der Waals surface area contributed by atoms with Crippen molar-refractivity contribution in [3.8, 4) is 12.3 Å². The minimum Gasteiger partial charge on any atom is -0.300 e. The van der Waals surface area contributed by atoms with E-state index in [0.29, 0.717) is 18.1 Å². The molecule has 1 saturated carbocycles.